The van der Waals surface area contributed by atoms with Gasteiger partial charge in [0.05, 0.1) is 19.0 Å². The Morgan fingerprint density at radius 2 is 2.00 bits per heavy atom. The minimum atomic E-state index is 0.273. The molecule has 1 aromatic carbocycles. The molecule has 0 atom stereocenters. The molecule has 0 bridgehead atoms. The van der Waals surface area contributed by atoms with Crippen molar-refractivity contribution in [3.63, 3.8) is 0 Å². The number of hydrogen-bond donors (Lipinski definition) is 1. The van der Waals surface area contributed by atoms with E-state index in [0.29, 0.717) is 0 Å². The van der Waals surface area contributed by atoms with Gasteiger partial charge in [0.2, 0.25) is 0 Å². The molecule has 1 N–H and O–H groups in total. The molecule has 0 fully saturated rings. The molecular formula is C13H13NO2. The number of benzene rings is 1. The SMILES string of the molecule is COc1ccc(-c2ccc(O)cc2C)nc1. The van der Waals surface area contributed by atoms with Crippen LogP contribution in [0.25, 0.3) is 11.3 Å². The molecule has 0 unspecified atom stereocenters. The Kier molecular flexibility index (Phi) is 2.77. The first-order valence-corrected chi connectivity index (χ1v) is 5.01. The Labute approximate surface area is 94.3 Å². The molecule has 0 aliphatic rings. The summed E-state index contributed by atoms with van der Waals surface area (Å²) in [7, 11) is 1.61. The summed E-state index contributed by atoms with van der Waals surface area (Å²) in [5, 5.41) is 9.33. The average Bonchev–Trinajstić information content (AvgIpc) is 2.29. The van der Waals surface area contributed by atoms with E-state index in [2.05, 4.69) is 4.98 Å². The van der Waals surface area contributed by atoms with Crippen LogP contribution in [0.1, 0.15) is 5.56 Å². The van der Waals surface area contributed by atoms with Crippen LogP contribution in [0, 0.1) is 6.92 Å². The number of aromatic hydroxyl groups is 1. The Morgan fingerprint density at radius 1 is 1.19 bits per heavy atom. The molecule has 2 aromatic rings. The highest BCUT2D eigenvalue weighted by Crippen LogP contribution is 2.25. The van der Waals surface area contributed by atoms with E-state index < -0.39 is 0 Å². The number of pyridine rings is 1. The smallest absolute Gasteiger partial charge is 0.137 e. The Balaban J connectivity index is 2.42. The van der Waals surface area contributed by atoms with Gasteiger partial charge in [-0.25, -0.2) is 0 Å². The molecule has 0 radical (unpaired) electrons. The predicted octanol–water partition coefficient (Wildman–Crippen LogP) is 2.77. The van der Waals surface area contributed by atoms with E-state index in [1.165, 1.54) is 0 Å². The number of nitrogens with zero attached hydrogens (tertiary/aromatic N) is 1. The van der Waals surface area contributed by atoms with Gasteiger partial charge in [0.1, 0.15) is 11.5 Å². The highest BCUT2D eigenvalue weighted by Gasteiger charge is 2.04. The van der Waals surface area contributed by atoms with E-state index in [0.717, 1.165) is 22.6 Å². The van der Waals surface area contributed by atoms with Gasteiger partial charge in [-0.15, -0.1) is 0 Å². The third-order valence-electron chi connectivity index (χ3n) is 2.46. The van der Waals surface area contributed by atoms with Gasteiger partial charge in [0.25, 0.3) is 0 Å². The van der Waals surface area contributed by atoms with Crippen molar-refractivity contribution in [1.82, 2.24) is 4.98 Å². The normalized spacial score (nSPS) is 10.1. The first-order chi connectivity index (χ1) is 7.70. The number of phenols is 1. The van der Waals surface area contributed by atoms with Crippen LogP contribution in [0.3, 0.4) is 0 Å². The van der Waals surface area contributed by atoms with Crippen LogP contribution in [0.15, 0.2) is 36.5 Å². The maximum Gasteiger partial charge on any atom is 0.137 e. The summed E-state index contributed by atoms with van der Waals surface area (Å²) >= 11 is 0. The lowest BCUT2D eigenvalue weighted by atomic mass is 10.0. The van der Waals surface area contributed by atoms with E-state index in [1.807, 2.05) is 25.1 Å². The minimum absolute atomic E-state index is 0.273. The fourth-order valence-corrected chi connectivity index (χ4v) is 1.60. The van der Waals surface area contributed by atoms with Crippen LogP contribution in [0.4, 0.5) is 0 Å². The second-order valence-electron chi connectivity index (χ2n) is 3.58. The highest BCUT2D eigenvalue weighted by atomic mass is 16.5. The molecule has 3 nitrogen and oxygen atoms in total. The Morgan fingerprint density at radius 3 is 2.56 bits per heavy atom. The summed E-state index contributed by atoms with van der Waals surface area (Å²) in [6.45, 7) is 1.95. The lowest BCUT2D eigenvalue weighted by molar-refractivity contribution is 0.413. The Hall–Kier alpha value is -2.03. The molecule has 1 aromatic heterocycles. The fraction of sp³-hybridized carbons (Fsp3) is 0.154. The van der Waals surface area contributed by atoms with Crippen LogP contribution in [-0.4, -0.2) is 17.2 Å². The minimum Gasteiger partial charge on any atom is -0.508 e. The Bertz CT molecular complexity index is 492. The first kappa shape index (κ1) is 10.5. The van der Waals surface area contributed by atoms with Gasteiger partial charge in [0.15, 0.2) is 0 Å². The van der Waals surface area contributed by atoms with Crippen molar-refractivity contribution in [2.75, 3.05) is 7.11 Å². The molecule has 0 saturated carbocycles. The lowest BCUT2D eigenvalue weighted by Gasteiger charge is -2.06. The zero-order chi connectivity index (χ0) is 11.5. The van der Waals surface area contributed by atoms with Gasteiger partial charge in [-0.3, -0.25) is 4.98 Å². The van der Waals surface area contributed by atoms with Crippen molar-refractivity contribution in [3.8, 4) is 22.8 Å². The molecular weight excluding hydrogens is 202 g/mol. The van der Waals surface area contributed by atoms with E-state index in [9.17, 15) is 5.11 Å². The topological polar surface area (TPSA) is 42.4 Å². The van der Waals surface area contributed by atoms with E-state index >= 15 is 0 Å². The summed E-state index contributed by atoms with van der Waals surface area (Å²) < 4.78 is 5.05. The van der Waals surface area contributed by atoms with Gasteiger partial charge in [-0.2, -0.15) is 0 Å². The number of aryl methyl sites for hydroxylation is 1. The van der Waals surface area contributed by atoms with Gasteiger partial charge in [-0.1, -0.05) is 0 Å². The number of hydrogen-bond acceptors (Lipinski definition) is 3. The molecule has 16 heavy (non-hydrogen) atoms. The van der Waals surface area contributed by atoms with Gasteiger partial charge < -0.3 is 9.84 Å². The fourth-order valence-electron chi connectivity index (χ4n) is 1.60. The number of aromatic nitrogens is 1. The molecule has 0 amide bonds. The average molecular weight is 215 g/mol. The number of phenolic OH excluding ortho intramolecular Hbond substituents is 1. The second-order valence-corrected chi connectivity index (χ2v) is 3.58. The molecule has 0 spiro atoms. The summed E-state index contributed by atoms with van der Waals surface area (Å²) in [5.41, 5.74) is 2.89. The summed E-state index contributed by atoms with van der Waals surface area (Å²) in [5.74, 6) is 1.01. The first-order valence-electron chi connectivity index (χ1n) is 5.01. The summed E-state index contributed by atoms with van der Waals surface area (Å²) in [6.07, 6.45) is 1.68. The van der Waals surface area contributed by atoms with Crippen molar-refractivity contribution in [2.24, 2.45) is 0 Å². The predicted molar refractivity (Wildman–Crippen MR) is 62.6 cm³/mol. The van der Waals surface area contributed by atoms with Crippen molar-refractivity contribution in [3.05, 3.63) is 42.1 Å². The number of rotatable bonds is 2. The van der Waals surface area contributed by atoms with Crippen LogP contribution in [0.5, 0.6) is 11.5 Å². The molecule has 2 rings (SSSR count). The van der Waals surface area contributed by atoms with E-state index in [4.69, 9.17) is 4.74 Å². The van der Waals surface area contributed by atoms with Crippen LogP contribution >= 0.6 is 0 Å². The quantitative estimate of drug-likeness (QED) is 0.837. The largest absolute Gasteiger partial charge is 0.508 e. The third-order valence-corrected chi connectivity index (χ3v) is 2.46. The van der Waals surface area contributed by atoms with Crippen molar-refractivity contribution in [1.29, 1.82) is 0 Å². The van der Waals surface area contributed by atoms with Crippen LogP contribution in [-0.2, 0) is 0 Å². The maximum atomic E-state index is 9.33. The molecule has 0 aliphatic heterocycles. The second kappa shape index (κ2) is 4.23. The van der Waals surface area contributed by atoms with Crippen molar-refractivity contribution in [2.45, 2.75) is 6.92 Å². The van der Waals surface area contributed by atoms with Gasteiger partial charge >= 0.3 is 0 Å². The van der Waals surface area contributed by atoms with Gasteiger partial charge in [0, 0.05) is 5.56 Å². The van der Waals surface area contributed by atoms with Crippen molar-refractivity contribution < 1.29 is 9.84 Å². The molecule has 0 aliphatic carbocycles. The van der Waals surface area contributed by atoms with Crippen molar-refractivity contribution >= 4 is 0 Å². The monoisotopic (exact) mass is 215 g/mol. The van der Waals surface area contributed by atoms with E-state index in [1.54, 1.807) is 25.4 Å². The molecule has 82 valence electrons. The lowest BCUT2D eigenvalue weighted by Crippen LogP contribution is -1.88. The van der Waals surface area contributed by atoms with E-state index in [-0.39, 0.29) is 5.75 Å². The van der Waals surface area contributed by atoms with Crippen LogP contribution < -0.4 is 4.74 Å². The van der Waals surface area contributed by atoms with Gasteiger partial charge in [-0.05, 0) is 42.8 Å². The summed E-state index contributed by atoms with van der Waals surface area (Å²) in [6, 6.07) is 9.02. The highest BCUT2D eigenvalue weighted by molar-refractivity contribution is 5.64. The zero-order valence-electron chi connectivity index (χ0n) is 9.27. The number of ether oxygens (including phenoxy) is 1. The standard InChI is InChI=1S/C13H13NO2/c1-9-7-10(15)3-5-12(9)13-6-4-11(16-2)8-14-13/h3-8,15H,1-2H3. The molecule has 3 heteroatoms. The number of methoxy groups -OCH3 is 1. The summed E-state index contributed by atoms with van der Waals surface area (Å²) in [4.78, 5) is 4.30. The van der Waals surface area contributed by atoms with Crippen LogP contribution in [0.2, 0.25) is 0 Å². The zero-order valence-corrected chi connectivity index (χ0v) is 9.27. The molecule has 0 saturated heterocycles. The molecule has 1 heterocycles. The maximum absolute atomic E-state index is 9.33. The third kappa shape index (κ3) is 1.98.